The van der Waals surface area contributed by atoms with Crippen molar-refractivity contribution in [3.8, 4) is 0 Å². The number of aliphatic carboxylic acids is 1. The third-order valence-electron chi connectivity index (χ3n) is 4.69. The van der Waals surface area contributed by atoms with Gasteiger partial charge in [0.25, 0.3) is 0 Å². The number of aliphatic hydroxyl groups is 1. The van der Waals surface area contributed by atoms with E-state index >= 15 is 0 Å². The molecule has 0 heterocycles. The van der Waals surface area contributed by atoms with E-state index in [4.69, 9.17) is 0 Å². The van der Waals surface area contributed by atoms with E-state index in [2.05, 4.69) is 5.32 Å². The molecule has 0 bridgehead atoms. The predicted octanol–water partition coefficient (Wildman–Crippen LogP) is 1.30. The van der Waals surface area contributed by atoms with Crippen LogP contribution in [0.5, 0.6) is 0 Å². The van der Waals surface area contributed by atoms with Crippen molar-refractivity contribution < 1.29 is 19.8 Å². The molecule has 0 aliphatic heterocycles. The van der Waals surface area contributed by atoms with Gasteiger partial charge in [-0.2, -0.15) is 0 Å². The number of hydrogen-bond donors (Lipinski definition) is 3. The molecule has 2 fully saturated rings. The van der Waals surface area contributed by atoms with Gasteiger partial charge in [-0.15, -0.1) is 0 Å². The summed E-state index contributed by atoms with van der Waals surface area (Å²) in [6.07, 6.45) is 5.47. The third-order valence-corrected chi connectivity index (χ3v) is 4.69. The summed E-state index contributed by atoms with van der Waals surface area (Å²) in [5.41, 5.74) is -0.849. The molecule has 0 spiro atoms. The predicted molar refractivity (Wildman–Crippen MR) is 69.5 cm³/mol. The van der Waals surface area contributed by atoms with Crippen LogP contribution in [0.1, 0.15) is 51.4 Å². The number of amides is 1. The quantitative estimate of drug-likeness (QED) is 0.702. The van der Waals surface area contributed by atoms with E-state index in [0.29, 0.717) is 19.4 Å². The van der Waals surface area contributed by atoms with Crippen molar-refractivity contribution in [2.24, 2.45) is 11.3 Å². The number of rotatable bonds is 5. The van der Waals surface area contributed by atoms with Crippen molar-refractivity contribution in [2.75, 3.05) is 6.54 Å². The summed E-state index contributed by atoms with van der Waals surface area (Å²) in [4.78, 5) is 23.3. The second-order valence-corrected chi connectivity index (χ2v) is 6.03. The number of aliphatic hydroxyl groups excluding tert-OH is 1. The lowest BCUT2D eigenvalue weighted by Crippen LogP contribution is -2.38. The molecule has 2 unspecified atom stereocenters. The maximum atomic E-state index is 11.9. The van der Waals surface area contributed by atoms with E-state index < -0.39 is 11.4 Å². The van der Waals surface area contributed by atoms with Crippen LogP contribution in [0, 0.1) is 11.3 Å². The molecular formula is C14H23NO4. The molecule has 0 radical (unpaired) electrons. The van der Waals surface area contributed by atoms with Crippen LogP contribution in [0.2, 0.25) is 0 Å². The van der Waals surface area contributed by atoms with Crippen LogP contribution < -0.4 is 5.32 Å². The van der Waals surface area contributed by atoms with Gasteiger partial charge < -0.3 is 15.5 Å². The summed E-state index contributed by atoms with van der Waals surface area (Å²) in [5, 5.41) is 21.8. The Hall–Kier alpha value is -1.10. The van der Waals surface area contributed by atoms with Crippen LogP contribution in [0.25, 0.3) is 0 Å². The third kappa shape index (κ3) is 3.26. The van der Waals surface area contributed by atoms with Crippen LogP contribution in [-0.2, 0) is 9.59 Å². The zero-order valence-electron chi connectivity index (χ0n) is 11.2. The molecule has 0 aromatic carbocycles. The van der Waals surface area contributed by atoms with E-state index in [1.807, 2.05) is 0 Å². The average molecular weight is 269 g/mol. The average Bonchev–Trinajstić information content (AvgIpc) is 2.97. The van der Waals surface area contributed by atoms with Crippen LogP contribution >= 0.6 is 0 Å². The van der Waals surface area contributed by atoms with Gasteiger partial charge in [0, 0.05) is 18.9 Å². The molecule has 0 saturated heterocycles. The normalized spacial score (nSPS) is 29.3. The van der Waals surface area contributed by atoms with Gasteiger partial charge in [-0.1, -0.05) is 19.3 Å². The summed E-state index contributed by atoms with van der Waals surface area (Å²) in [6.45, 7) is 0.468. The molecule has 2 saturated carbocycles. The molecular weight excluding hydrogens is 246 g/mol. The van der Waals surface area contributed by atoms with Crippen molar-refractivity contribution >= 4 is 11.9 Å². The highest BCUT2D eigenvalue weighted by molar-refractivity contribution is 5.85. The number of hydrogen-bond acceptors (Lipinski definition) is 3. The summed E-state index contributed by atoms with van der Waals surface area (Å²) < 4.78 is 0. The summed E-state index contributed by atoms with van der Waals surface area (Å²) in [6, 6.07) is 0. The second kappa shape index (κ2) is 5.90. The molecule has 2 aliphatic rings. The first kappa shape index (κ1) is 14.3. The highest BCUT2D eigenvalue weighted by atomic mass is 16.4. The van der Waals surface area contributed by atoms with Gasteiger partial charge in [0.05, 0.1) is 11.5 Å². The molecule has 2 atom stereocenters. The van der Waals surface area contributed by atoms with E-state index in [1.165, 1.54) is 0 Å². The van der Waals surface area contributed by atoms with Gasteiger partial charge in [-0.25, -0.2) is 0 Å². The van der Waals surface area contributed by atoms with E-state index in [1.54, 1.807) is 0 Å². The van der Waals surface area contributed by atoms with Crippen molar-refractivity contribution in [2.45, 2.75) is 57.5 Å². The van der Waals surface area contributed by atoms with Gasteiger partial charge in [0.2, 0.25) is 5.91 Å². The Kier molecular flexibility index (Phi) is 4.45. The molecule has 2 aliphatic carbocycles. The number of carbonyl (C=O) groups is 2. The zero-order valence-corrected chi connectivity index (χ0v) is 11.2. The first-order valence-electron chi connectivity index (χ1n) is 7.22. The Labute approximate surface area is 113 Å². The SMILES string of the molecule is O=C(CC1(C(=O)O)CCCC1)NCC1CCCC1O. The minimum atomic E-state index is -0.849. The summed E-state index contributed by atoms with van der Waals surface area (Å²) in [7, 11) is 0. The molecule has 5 nitrogen and oxygen atoms in total. The number of carboxylic acid groups (broad SMARTS) is 1. The molecule has 5 heteroatoms. The Balaban J connectivity index is 1.81. The van der Waals surface area contributed by atoms with Gasteiger partial charge in [0.1, 0.15) is 0 Å². The van der Waals surface area contributed by atoms with Gasteiger partial charge in [-0.3, -0.25) is 9.59 Å². The lowest BCUT2D eigenvalue weighted by Gasteiger charge is -2.23. The van der Waals surface area contributed by atoms with Crippen molar-refractivity contribution in [3.05, 3.63) is 0 Å². The Morgan fingerprint density at radius 3 is 2.37 bits per heavy atom. The van der Waals surface area contributed by atoms with Crippen molar-refractivity contribution in [3.63, 3.8) is 0 Å². The molecule has 2 rings (SSSR count). The van der Waals surface area contributed by atoms with Gasteiger partial charge >= 0.3 is 5.97 Å². The lowest BCUT2D eigenvalue weighted by molar-refractivity contribution is -0.151. The molecule has 1 amide bonds. The topological polar surface area (TPSA) is 86.6 Å². The van der Waals surface area contributed by atoms with Gasteiger partial charge in [0.15, 0.2) is 0 Å². The van der Waals surface area contributed by atoms with Crippen LogP contribution in [0.3, 0.4) is 0 Å². The molecule has 0 aromatic heterocycles. The van der Waals surface area contributed by atoms with Crippen molar-refractivity contribution in [1.29, 1.82) is 0 Å². The first-order chi connectivity index (χ1) is 9.03. The molecule has 3 N–H and O–H groups in total. The Morgan fingerprint density at radius 2 is 1.84 bits per heavy atom. The molecule has 19 heavy (non-hydrogen) atoms. The van der Waals surface area contributed by atoms with Gasteiger partial charge in [-0.05, 0) is 25.7 Å². The fraction of sp³-hybridized carbons (Fsp3) is 0.857. The first-order valence-corrected chi connectivity index (χ1v) is 7.22. The summed E-state index contributed by atoms with van der Waals surface area (Å²) >= 11 is 0. The van der Waals surface area contributed by atoms with Crippen LogP contribution in [0.4, 0.5) is 0 Å². The zero-order chi connectivity index (χ0) is 13.9. The Morgan fingerprint density at radius 1 is 1.16 bits per heavy atom. The standard InChI is InChI=1S/C14H23NO4/c16-11-5-3-4-10(11)9-15-12(17)8-14(13(18)19)6-1-2-7-14/h10-11,16H,1-9H2,(H,15,17)(H,18,19). The Bertz CT molecular complexity index is 349. The van der Waals surface area contributed by atoms with Crippen LogP contribution in [0.15, 0.2) is 0 Å². The fourth-order valence-corrected chi connectivity index (χ4v) is 3.39. The molecule has 0 aromatic rings. The highest BCUT2D eigenvalue weighted by Gasteiger charge is 2.43. The number of carboxylic acids is 1. The van der Waals surface area contributed by atoms with E-state index in [0.717, 1.165) is 32.1 Å². The van der Waals surface area contributed by atoms with Crippen LogP contribution in [-0.4, -0.2) is 34.7 Å². The number of carbonyl (C=O) groups excluding carboxylic acids is 1. The van der Waals surface area contributed by atoms with E-state index in [9.17, 15) is 19.8 Å². The highest BCUT2D eigenvalue weighted by Crippen LogP contribution is 2.41. The lowest BCUT2D eigenvalue weighted by atomic mass is 9.82. The monoisotopic (exact) mass is 269 g/mol. The maximum absolute atomic E-state index is 11.9. The maximum Gasteiger partial charge on any atom is 0.310 e. The van der Waals surface area contributed by atoms with E-state index in [-0.39, 0.29) is 24.3 Å². The largest absolute Gasteiger partial charge is 0.481 e. The number of nitrogens with one attached hydrogen (secondary N) is 1. The summed E-state index contributed by atoms with van der Waals surface area (Å²) in [5.74, 6) is -0.905. The fourth-order valence-electron chi connectivity index (χ4n) is 3.39. The molecule has 108 valence electrons. The second-order valence-electron chi connectivity index (χ2n) is 6.03. The minimum Gasteiger partial charge on any atom is -0.481 e. The minimum absolute atomic E-state index is 0.0746. The van der Waals surface area contributed by atoms with Crippen molar-refractivity contribution in [1.82, 2.24) is 5.32 Å². The smallest absolute Gasteiger partial charge is 0.310 e.